The molecule has 2 rings (SSSR count). The summed E-state index contributed by atoms with van der Waals surface area (Å²) in [6, 6.07) is 1.77. The van der Waals surface area contributed by atoms with Crippen molar-refractivity contribution >= 4 is 34.6 Å². The number of nitrogens with two attached hydrogens (primary N) is 1. The lowest BCUT2D eigenvalue weighted by molar-refractivity contribution is 0.0533. The van der Waals surface area contributed by atoms with Crippen molar-refractivity contribution in [2.24, 2.45) is 0 Å². The molecule has 0 atom stereocenters. The third kappa shape index (κ3) is 2.55. The fraction of sp³-hybridized carbons (Fsp3) is 0.357. The minimum Gasteiger partial charge on any atom is -0.462 e. The predicted molar refractivity (Wildman–Crippen MR) is 81.5 cm³/mol. The second-order valence-corrected chi connectivity index (χ2v) is 5.93. The van der Waals surface area contributed by atoms with Gasteiger partial charge >= 0.3 is 5.97 Å². The molecule has 0 fully saturated rings. The first-order valence-electron chi connectivity index (χ1n) is 6.30. The van der Waals surface area contributed by atoms with Crippen molar-refractivity contribution in [2.45, 2.75) is 26.7 Å². The van der Waals surface area contributed by atoms with Crippen LogP contribution in [-0.4, -0.2) is 12.6 Å². The van der Waals surface area contributed by atoms with Gasteiger partial charge in [0.2, 0.25) is 5.22 Å². The van der Waals surface area contributed by atoms with Crippen LogP contribution in [0.1, 0.15) is 41.9 Å². The molecule has 6 heteroatoms. The molecule has 0 aliphatic heterocycles. The number of esters is 1. The highest BCUT2D eigenvalue weighted by atomic mass is 35.5. The molecule has 2 aromatic heterocycles. The Bertz CT molecular complexity index is 630. The van der Waals surface area contributed by atoms with Crippen molar-refractivity contribution in [3.05, 3.63) is 28.0 Å². The summed E-state index contributed by atoms with van der Waals surface area (Å²) in [4.78, 5) is 13.2. The normalized spacial score (nSPS) is 11.1. The van der Waals surface area contributed by atoms with E-state index in [-0.39, 0.29) is 5.92 Å². The van der Waals surface area contributed by atoms with E-state index < -0.39 is 5.97 Å². The molecular weight excluding hydrogens is 298 g/mol. The highest BCUT2D eigenvalue weighted by Crippen LogP contribution is 2.45. The van der Waals surface area contributed by atoms with Crippen LogP contribution < -0.4 is 5.73 Å². The number of thiophene rings is 1. The summed E-state index contributed by atoms with van der Waals surface area (Å²) < 4.78 is 10.2. The predicted octanol–water partition coefficient (Wildman–Crippen LogP) is 4.54. The molecule has 2 heterocycles. The molecule has 4 nitrogen and oxygen atoms in total. The quantitative estimate of drug-likeness (QED) is 0.841. The zero-order valence-corrected chi connectivity index (χ0v) is 13.1. The van der Waals surface area contributed by atoms with Gasteiger partial charge in [0, 0.05) is 10.4 Å². The van der Waals surface area contributed by atoms with Gasteiger partial charge in [-0.3, -0.25) is 0 Å². The number of carbonyl (C=O) groups excluding carboxylic acids is 1. The van der Waals surface area contributed by atoms with Crippen molar-refractivity contribution in [1.29, 1.82) is 0 Å². The second kappa shape index (κ2) is 5.89. The fourth-order valence-corrected chi connectivity index (χ4v) is 3.59. The number of ether oxygens (including phenoxy) is 1. The maximum atomic E-state index is 12.0. The molecule has 2 aromatic rings. The van der Waals surface area contributed by atoms with E-state index in [1.807, 2.05) is 13.8 Å². The molecule has 0 spiro atoms. The lowest BCUT2D eigenvalue weighted by atomic mass is 9.99. The third-order valence-corrected chi connectivity index (χ3v) is 4.41. The van der Waals surface area contributed by atoms with Crippen LogP contribution in [0.2, 0.25) is 5.22 Å². The van der Waals surface area contributed by atoms with Crippen LogP contribution in [0.4, 0.5) is 5.69 Å². The molecule has 0 amide bonds. The van der Waals surface area contributed by atoms with E-state index in [1.54, 1.807) is 13.0 Å². The van der Waals surface area contributed by atoms with Crippen molar-refractivity contribution in [1.82, 2.24) is 0 Å². The second-order valence-electron chi connectivity index (χ2n) is 4.57. The van der Waals surface area contributed by atoms with Crippen molar-refractivity contribution in [3.63, 3.8) is 0 Å². The lowest BCUT2D eigenvalue weighted by Gasteiger charge is -2.08. The number of carbonyl (C=O) groups is 1. The molecule has 0 saturated carbocycles. The van der Waals surface area contributed by atoms with E-state index in [1.165, 1.54) is 17.6 Å². The number of furan rings is 1. The Morgan fingerprint density at radius 3 is 2.75 bits per heavy atom. The highest BCUT2D eigenvalue weighted by Gasteiger charge is 2.26. The summed E-state index contributed by atoms with van der Waals surface area (Å²) >= 11 is 7.33. The largest absolute Gasteiger partial charge is 0.462 e. The van der Waals surface area contributed by atoms with Crippen molar-refractivity contribution in [3.8, 4) is 10.4 Å². The van der Waals surface area contributed by atoms with E-state index in [9.17, 15) is 4.79 Å². The SMILES string of the molecule is CCOC(=O)c1sc(-c2ccoc2Cl)c(C(C)C)c1N. The summed E-state index contributed by atoms with van der Waals surface area (Å²) in [7, 11) is 0. The molecule has 0 saturated heterocycles. The Morgan fingerprint density at radius 2 is 2.25 bits per heavy atom. The zero-order valence-electron chi connectivity index (χ0n) is 11.5. The monoisotopic (exact) mass is 313 g/mol. The Hall–Kier alpha value is -1.46. The van der Waals surface area contributed by atoms with Gasteiger partial charge in [0.15, 0.2) is 0 Å². The zero-order chi connectivity index (χ0) is 14.9. The molecular formula is C14H16ClNO3S. The topological polar surface area (TPSA) is 65.5 Å². The minimum absolute atomic E-state index is 0.162. The van der Waals surface area contributed by atoms with Crippen LogP contribution in [0.3, 0.4) is 0 Å². The highest BCUT2D eigenvalue weighted by molar-refractivity contribution is 7.18. The molecule has 0 unspecified atom stereocenters. The molecule has 0 aliphatic carbocycles. The van der Waals surface area contributed by atoms with Crippen LogP contribution in [0.15, 0.2) is 16.7 Å². The Balaban J connectivity index is 2.60. The maximum absolute atomic E-state index is 12.0. The van der Waals surface area contributed by atoms with Gasteiger partial charge in [-0.05, 0) is 36.1 Å². The average molecular weight is 314 g/mol. The number of halogens is 1. The van der Waals surface area contributed by atoms with Crippen molar-refractivity contribution < 1.29 is 13.9 Å². The van der Waals surface area contributed by atoms with Crippen LogP contribution in [0.5, 0.6) is 0 Å². The average Bonchev–Trinajstić information content (AvgIpc) is 2.93. The van der Waals surface area contributed by atoms with E-state index >= 15 is 0 Å². The van der Waals surface area contributed by atoms with E-state index in [0.29, 0.717) is 22.4 Å². The number of nitrogen functional groups attached to an aromatic ring is 1. The standard InChI is InChI=1S/C14H16ClNO3S/c1-4-18-14(17)12-10(16)9(7(2)3)11(20-12)8-5-6-19-13(8)15/h5-7H,4,16H2,1-3H3. The molecule has 0 radical (unpaired) electrons. The van der Waals surface area contributed by atoms with Crippen LogP contribution in [-0.2, 0) is 4.74 Å². The van der Waals surface area contributed by atoms with E-state index in [4.69, 9.17) is 26.5 Å². The van der Waals surface area contributed by atoms with Gasteiger partial charge in [0.25, 0.3) is 0 Å². The van der Waals surface area contributed by atoms with Gasteiger partial charge in [-0.2, -0.15) is 0 Å². The number of hydrogen-bond donors (Lipinski definition) is 1. The Kier molecular flexibility index (Phi) is 4.40. The summed E-state index contributed by atoms with van der Waals surface area (Å²) in [5.74, 6) is -0.238. The van der Waals surface area contributed by atoms with Crippen molar-refractivity contribution in [2.75, 3.05) is 12.3 Å². The number of anilines is 1. The van der Waals surface area contributed by atoms with Gasteiger partial charge in [0.1, 0.15) is 4.88 Å². The lowest BCUT2D eigenvalue weighted by Crippen LogP contribution is -2.06. The molecule has 0 bridgehead atoms. The summed E-state index contributed by atoms with van der Waals surface area (Å²) in [5.41, 5.74) is 8.25. The van der Waals surface area contributed by atoms with Gasteiger partial charge in [-0.15, -0.1) is 11.3 Å². The summed E-state index contributed by atoms with van der Waals surface area (Å²) in [5, 5.41) is 0.295. The number of hydrogen-bond acceptors (Lipinski definition) is 5. The first-order chi connectivity index (χ1) is 9.47. The minimum atomic E-state index is -0.400. The fourth-order valence-electron chi connectivity index (χ4n) is 2.03. The Morgan fingerprint density at radius 1 is 1.55 bits per heavy atom. The van der Waals surface area contributed by atoms with Gasteiger partial charge in [-0.25, -0.2) is 4.79 Å². The van der Waals surface area contributed by atoms with Crippen LogP contribution in [0.25, 0.3) is 10.4 Å². The third-order valence-electron chi connectivity index (χ3n) is 2.88. The van der Waals surface area contributed by atoms with Crippen LogP contribution in [0, 0.1) is 0 Å². The Labute approximate surface area is 126 Å². The summed E-state index contributed by atoms with van der Waals surface area (Å²) in [6.07, 6.45) is 1.52. The molecule has 0 aliphatic rings. The molecule has 0 aromatic carbocycles. The number of rotatable bonds is 4. The first kappa shape index (κ1) is 14.9. The van der Waals surface area contributed by atoms with Gasteiger partial charge < -0.3 is 14.9 Å². The molecule has 2 N–H and O–H groups in total. The molecule has 20 heavy (non-hydrogen) atoms. The van der Waals surface area contributed by atoms with Gasteiger partial charge in [0.05, 0.1) is 18.6 Å². The smallest absolute Gasteiger partial charge is 0.350 e. The van der Waals surface area contributed by atoms with Gasteiger partial charge in [-0.1, -0.05) is 13.8 Å². The van der Waals surface area contributed by atoms with E-state index in [0.717, 1.165) is 16.0 Å². The van der Waals surface area contributed by atoms with E-state index in [2.05, 4.69) is 0 Å². The van der Waals surface area contributed by atoms with Crippen LogP contribution >= 0.6 is 22.9 Å². The first-order valence-corrected chi connectivity index (χ1v) is 7.49. The summed E-state index contributed by atoms with van der Waals surface area (Å²) in [6.45, 7) is 6.11. The molecule has 108 valence electrons. The maximum Gasteiger partial charge on any atom is 0.350 e.